The van der Waals surface area contributed by atoms with Crippen LogP contribution >= 0.6 is 0 Å². The fourth-order valence-electron chi connectivity index (χ4n) is 2.28. The van der Waals surface area contributed by atoms with Gasteiger partial charge in [-0.15, -0.1) is 0 Å². The van der Waals surface area contributed by atoms with E-state index in [0.717, 1.165) is 0 Å². The molecule has 1 N–H and O–H groups in total. The molecular weight excluding hydrogens is 318 g/mol. The van der Waals surface area contributed by atoms with Gasteiger partial charge < -0.3 is 14.2 Å². The number of benzene rings is 1. The number of carbonyl (C=O) groups is 1. The zero-order valence-electron chi connectivity index (χ0n) is 12.4. The van der Waals surface area contributed by atoms with Crippen molar-refractivity contribution in [3.8, 4) is 0 Å². The standard InChI is InChI=1S/C15H13N3O6/c19-14(16-9-11-2-1-7-23-11)5-6-17-12-4-3-10(18(21)22)8-13(12)24-15(17)20/h1-4,7-8H,5-6,9H2,(H,16,19). The largest absolute Gasteiger partial charge is 0.467 e. The molecule has 0 saturated carbocycles. The predicted octanol–water partition coefficient (Wildman–Crippen LogP) is 1.80. The normalized spacial score (nSPS) is 10.8. The smallest absolute Gasteiger partial charge is 0.419 e. The van der Waals surface area contributed by atoms with Crippen LogP contribution in [0.5, 0.6) is 0 Å². The Morgan fingerprint density at radius 2 is 2.17 bits per heavy atom. The highest BCUT2D eigenvalue weighted by Crippen LogP contribution is 2.20. The van der Waals surface area contributed by atoms with Crippen molar-refractivity contribution < 1.29 is 18.6 Å². The number of furan rings is 1. The molecule has 0 aliphatic heterocycles. The van der Waals surface area contributed by atoms with Gasteiger partial charge in [0.2, 0.25) is 5.91 Å². The van der Waals surface area contributed by atoms with Crippen LogP contribution in [-0.4, -0.2) is 15.4 Å². The highest BCUT2D eigenvalue weighted by molar-refractivity contribution is 5.77. The SMILES string of the molecule is O=C(CCn1c(=O)oc2cc([N+](=O)[O-])ccc21)NCc1ccco1. The van der Waals surface area contributed by atoms with Crippen molar-refractivity contribution in [2.75, 3.05) is 0 Å². The quantitative estimate of drug-likeness (QED) is 0.543. The highest BCUT2D eigenvalue weighted by atomic mass is 16.6. The zero-order chi connectivity index (χ0) is 17.1. The molecule has 1 aromatic carbocycles. The Bertz CT molecular complexity index is 938. The topological polar surface area (TPSA) is 121 Å². The van der Waals surface area contributed by atoms with Gasteiger partial charge in [-0.3, -0.25) is 19.5 Å². The van der Waals surface area contributed by atoms with Crippen molar-refractivity contribution in [2.24, 2.45) is 0 Å². The summed E-state index contributed by atoms with van der Waals surface area (Å²) in [6.07, 6.45) is 1.57. The van der Waals surface area contributed by atoms with Crippen LogP contribution < -0.4 is 11.1 Å². The second-order valence-corrected chi connectivity index (χ2v) is 5.03. The maximum absolute atomic E-state index is 11.9. The van der Waals surface area contributed by atoms with Crippen molar-refractivity contribution in [2.45, 2.75) is 19.5 Å². The first kappa shape index (κ1) is 15.5. The van der Waals surface area contributed by atoms with Gasteiger partial charge in [0.1, 0.15) is 5.76 Å². The molecule has 9 nitrogen and oxygen atoms in total. The van der Waals surface area contributed by atoms with E-state index in [4.69, 9.17) is 8.83 Å². The Balaban J connectivity index is 1.68. The van der Waals surface area contributed by atoms with Crippen LogP contribution in [0.1, 0.15) is 12.2 Å². The summed E-state index contributed by atoms with van der Waals surface area (Å²) in [4.78, 5) is 33.9. The number of hydrogen-bond acceptors (Lipinski definition) is 6. The summed E-state index contributed by atoms with van der Waals surface area (Å²) < 4.78 is 11.4. The van der Waals surface area contributed by atoms with Crippen molar-refractivity contribution in [3.63, 3.8) is 0 Å². The van der Waals surface area contributed by atoms with E-state index in [1.54, 1.807) is 12.1 Å². The minimum Gasteiger partial charge on any atom is -0.467 e. The molecule has 2 aromatic heterocycles. The van der Waals surface area contributed by atoms with E-state index in [1.807, 2.05) is 0 Å². The number of fused-ring (bicyclic) bond motifs is 1. The molecule has 0 spiro atoms. The first-order valence-electron chi connectivity index (χ1n) is 7.11. The van der Waals surface area contributed by atoms with E-state index in [0.29, 0.717) is 11.3 Å². The average molecular weight is 331 g/mol. The van der Waals surface area contributed by atoms with E-state index in [2.05, 4.69) is 5.32 Å². The molecule has 0 fully saturated rings. The fourth-order valence-corrected chi connectivity index (χ4v) is 2.28. The number of rotatable bonds is 6. The number of amides is 1. The number of nitrogens with one attached hydrogen (secondary N) is 1. The van der Waals surface area contributed by atoms with Gasteiger partial charge in [-0.05, 0) is 18.2 Å². The number of carbonyl (C=O) groups excluding carboxylic acids is 1. The molecule has 0 aliphatic carbocycles. The van der Waals surface area contributed by atoms with E-state index < -0.39 is 10.7 Å². The second kappa shape index (κ2) is 6.41. The Kier molecular flexibility index (Phi) is 4.15. The third kappa shape index (κ3) is 3.19. The molecule has 0 radical (unpaired) electrons. The Hall–Kier alpha value is -3.36. The number of aromatic nitrogens is 1. The van der Waals surface area contributed by atoms with Gasteiger partial charge in [0.05, 0.1) is 29.3 Å². The van der Waals surface area contributed by atoms with Crippen LogP contribution in [0.25, 0.3) is 11.1 Å². The molecule has 0 aliphatic rings. The lowest BCUT2D eigenvalue weighted by Gasteiger charge is -2.04. The maximum atomic E-state index is 11.9. The summed E-state index contributed by atoms with van der Waals surface area (Å²) in [6.45, 7) is 0.368. The third-order valence-electron chi connectivity index (χ3n) is 3.47. The number of nitro groups is 1. The number of hydrogen-bond donors (Lipinski definition) is 1. The first-order chi connectivity index (χ1) is 11.5. The highest BCUT2D eigenvalue weighted by Gasteiger charge is 2.14. The molecule has 24 heavy (non-hydrogen) atoms. The Labute approximate surface area is 134 Å². The Morgan fingerprint density at radius 3 is 2.88 bits per heavy atom. The molecule has 3 rings (SSSR count). The minimum atomic E-state index is -0.663. The molecule has 1 amide bonds. The minimum absolute atomic E-state index is 0.0617. The van der Waals surface area contributed by atoms with Crippen LogP contribution in [0.4, 0.5) is 5.69 Å². The molecule has 124 valence electrons. The van der Waals surface area contributed by atoms with Crippen LogP contribution in [0.2, 0.25) is 0 Å². The van der Waals surface area contributed by atoms with E-state index >= 15 is 0 Å². The number of nitro benzene ring substituents is 1. The van der Waals surface area contributed by atoms with Gasteiger partial charge >= 0.3 is 5.76 Å². The summed E-state index contributed by atoms with van der Waals surface area (Å²) in [5.74, 6) is -0.291. The Morgan fingerprint density at radius 1 is 1.33 bits per heavy atom. The molecule has 0 unspecified atom stereocenters. The van der Waals surface area contributed by atoms with E-state index in [-0.39, 0.29) is 36.7 Å². The molecule has 0 bridgehead atoms. The van der Waals surface area contributed by atoms with Gasteiger partial charge in [0.25, 0.3) is 5.69 Å². The summed E-state index contributed by atoms with van der Waals surface area (Å²) in [7, 11) is 0. The van der Waals surface area contributed by atoms with Crippen molar-refractivity contribution in [1.82, 2.24) is 9.88 Å². The van der Waals surface area contributed by atoms with Crippen molar-refractivity contribution >= 4 is 22.7 Å². The maximum Gasteiger partial charge on any atom is 0.419 e. The molecule has 9 heteroatoms. The average Bonchev–Trinajstić information content (AvgIpc) is 3.17. The molecule has 3 aromatic rings. The molecule has 0 saturated heterocycles. The number of non-ortho nitro benzene ring substituents is 1. The predicted molar refractivity (Wildman–Crippen MR) is 82.3 cm³/mol. The van der Waals surface area contributed by atoms with Crippen LogP contribution in [-0.2, 0) is 17.9 Å². The second-order valence-electron chi connectivity index (χ2n) is 5.03. The van der Waals surface area contributed by atoms with Crippen LogP contribution in [0, 0.1) is 10.1 Å². The number of aryl methyl sites for hydroxylation is 1. The zero-order valence-corrected chi connectivity index (χ0v) is 12.4. The van der Waals surface area contributed by atoms with E-state index in [9.17, 15) is 19.7 Å². The van der Waals surface area contributed by atoms with Crippen molar-refractivity contribution in [3.05, 3.63) is 63.0 Å². The van der Waals surface area contributed by atoms with E-state index in [1.165, 1.54) is 29.0 Å². The summed E-state index contributed by atoms with van der Waals surface area (Å²) >= 11 is 0. The lowest BCUT2D eigenvalue weighted by Crippen LogP contribution is -2.25. The monoisotopic (exact) mass is 331 g/mol. The first-order valence-corrected chi connectivity index (χ1v) is 7.11. The van der Waals surface area contributed by atoms with Crippen LogP contribution in [0.3, 0.4) is 0 Å². The van der Waals surface area contributed by atoms with Crippen LogP contribution in [0.15, 0.2) is 50.2 Å². The molecular formula is C15H13N3O6. The van der Waals surface area contributed by atoms with Gasteiger partial charge in [-0.2, -0.15) is 0 Å². The number of oxazole rings is 1. The van der Waals surface area contributed by atoms with Gasteiger partial charge in [0.15, 0.2) is 5.58 Å². The van der Waals surface area contributed by atoms with Crippen molar-refractivity contribution in [1.29, 1.82) is 0 Å². The summed E-state index contributed by atoms with van der Waals surface area (Å²) in [5.41, 5.74) is 0.356. The fraction of sp³-hybridized carbons (Fsp3) is 0.200. The summed E-state index contributed by atoms with van der Waals surface area (Å²) in [5, 5.41) is 13.4. The lowest BCUT2D eigenvalue weighted by molar-refractivity contribution is -0.384. The summed E-state index contributed by atoms with van der Waals surface area (Å²) in [6, 6.07) is 7.35. The van der Waals surface area contributed by atoms with Gasteiger partial charge in [0, 0.05) is 19.0 Å². The van der Waals surface area contributed by atoms with Gasteiger partial charge in [-0.25, -0.2) is 4.79 Å². The third-order valence-corrected chi connectivity index (χ3v) is 3.47. The molecule has 2 heterocycles. The number of nitrogens with zero attached hydrogens (tertiary/aromatic N) is 2. The van der Waals surface area contributed by atoms with Gasteiger partial charge in [-0.1, -0.05) is 0 Å². The lowest BCUT2D eigenvalue weighted by atomic mass is 10.3. The molecule has 0 atom stereocenters.